The van der Waals surface area contributed by atoms with Crippen molar-refractivity contribution in [1.82, 2.24) is 10.1 Å². The number of halogens is 3. The Morgan fingerprint density at radius 1 is 1.44 bits per heavy atom. The van der Waals surface area contributed by atoms with Gasteiger partial charge in [0.25, 0.3) is 0 Å². The maximum Gasteiger partial charge on any atom is 0.400 e. The SMILES string of the molecule is CCC(CC)C(N)c1noc(C(F)(F)Cl)n1. The Balaban J connectivity index is 2.85. The van der Waals surface area contributed by atoms with Crippen LogP contribution in [0.4, 0.5) is 8.78 Å². The normalized spacial score (nSPS) is 14.4. The van der Waals surface area contributed by atoms with Crippen LogP contribution in [0.5, 0.6) is 0 Å². The van der Waals surface area contributed by atoms with Crippen LogP contribution in [0, 0.1) is 5.92 Å². The van der Waals surface area contributed by atoms with Crippen LogP contribution in [-0.2, 0) is 5.38 Å². The van der Waals surface area contributed by atoms with Gasteiger partial charge in [-0.25, -0.2) is 0 Å². The van der Waals surface area contributed by atoms with Crippen LogP contribution in [0.25, 0.3) is 0 Å². The summed E-state index contributed by atoms with van der Waals surface area (Å²) in [4.78, 5) is 3.51. The van der Waals surface area contributed by atoms with E-state index >= 15 is 0 Å². The van der Waals surface area contributed by atoms with Crippen molar-refractivity contribution >= 4 is 11.6 Å². The molecule has 16 heavy (non-hydrogen) atoms. The van der Waals surface area contributed by atoms with Gasteiger partial charge in [-0.1, -0.05) is 31.8 Å². The van der Waals surface area contributed by atoms with E-state index in [1.807, 2.05) is 13.8 Å². The minimum Gasteiger partial charge on any atom is -0.331 e. The van der Waals surface area contributed by atoms with Crippen LogP contribution in [0.1, 0.15) is 44.4 Å². The zero-order valence-corrected chi connectivity index (χ0v) is 9.84. The molecule has 1 unspecified atom stereocenters. The predicted octanol–water partition coefficient (Wildman–Crippen LogP) is 2.79. The summed E-state index contributed by atoms with van der Waals surface area (Å²) in [6.07, 6.45) is 1.64. The highest BCUT2D eigenvalue weighted by Crippen LogP contribution is 2.32. The molecule has 4 nitrogen and oxygen atoms in total. The standard InChI is InChI=1S/C9H14ClF2N3O/c1-3-5(4-2)6(13)7-14-8(16-15-7)9(10,11)12/h5-6H,3-4,13H2,1-2H3. The molecule has 0 fully saturated rings. The number of aromatic nitrogens is 2. The van der Waals surface area contributed by atoms with Gasteiger partial charge in [0.15, 0.2) is 5.82 Å². The quantitative estimate of drug-likeness (QED) is 0.820. The number of nitrogens with zero attached hydrogens (tertiary/aromatic N) is 2. The molecule has 1 rings (SSSR count). The van der Waals surface area contributed by atoms with Gasteiger partial charge in [-0.2, -0.15) is 13.8 Å². The molecule has 0 saturated carbocycles. The lowest BCUT2D eigenvalue weighted by molar-refractivity contribution is 0.0550. The third-order valence-electron chi connectivity index (χ3n) is 2.54. The first-order valence-electron chi connectivity index (χ1n) is 5.06. The third-order valence-corrected chi connectivity index (χ3v) is 2.70. The zero-order valence-electron chi connectivity index (χ0n) is 9.08. The van der Waals surface area contributed by atoms with Crippen molar-refractivity contribution in [2.75, 3.05) is 0 Å². The Labute approximate surface area is 97.1 Å². The van der Waals surface area contributed by atoms with E-state index < -0.39 is 17.3 Å². The Hall–Kier alpha value is -0.750. The first-order chi connectivity index (χ1) is 7.40. The second-order valence-electron chi connectivity index (χ2n) is 3.56. The summed E-state index contributed by atoms with van der Waals surface area (Å²) in [5, 5.41) is -0.216. The minimum absolute atomic E-state index is 0.0732. The highest BCUT2D eigenvalue weighted by Gasteiger charge is 2.36. The van der Waals surface area contributed by atoms with Crippen molar-refractivity contribution in [3.8, 4) is 0 Å². The molecule has 1 aromatic rings. The van der Waals surface area contributed by atoms with Gasteiger partial charge >= 0.3 is 11.3 Å². The number of alkyl halides is 3. The maximum absolute atomic E-state index is 12.6. The Kier molecular flexibility index (Phi) is 4.21. The van der Waals surface area contributed by atoms with E-state index in [1.165, 1.54) is 0 Å². The fourth-order valence-electron chi connectivity index (χ4n) is 1.49. The Bertz CT molecular complexity index is 336. The Morgan fingerprint density at radius 2 is 2.00 bits per heavy atom. The van der Waals surface area contributed by atoms with E-state index in [9.17, 15) is 8.78 Å². The Morgan fingerprint density at radius 3 is 2.38 bits per heavy atom. The number of nitrogens with two attached hydrogens (primary N) is 1. The molecular weight excluding hydrogens is 240 g/mol. The largest absolute Gasteiger partial charge is 0.400 e. The summed E-state index contributed by atoms with van der Waals surface area (Å²) in [5.74, 6) is -0.705. The number of hydrogen-bond acceptors (Lipinski definition) is 4. The summed E-state index contributed by atoms with van der Waals surface area (Å²) < 4.78 is 29.6. The summed E-state index contributed by atoms with van der Waals surface area (Å²) in [6.45, 7) is 3.93. The van der Waals surface area contributed by atoms with Gasteiger partial charge in [-0.15, -0.1) is 0 Å². The lowest BCUT2D eigenvalue weighted by atomic mass is 9.94. The van der Waals surface area contributed by atoms with Crippen LogP contribution in [0.2, 0.25) is 0 Å². The molecule has 1 atom stereocenters. The van der Waals surface area contributed by atoms with Crippen LogP contribution in [0.15, 0.2) is 4.52 Å². The van der Waals surface area contributed by atoms with Crippen LogP contribution in [0.3, 0.4) is 0 Å². The van der Waals surface area contributed by atoms with E-state index in [-0.39, 0.29) is 11.7 Å². The molecule has 0 amide bonds. The van der Waals surface area contributed by atoms with Gasteiger partial charge in [0.05, 0.1) is 6.04 Å². The van der Waals surface area contributed by atoms with E-state index in [4.69, 9.17) is 17.3 Å². The van der Waals surface area contributed by atoms with Crippen molar-refractivity contribution in [2.45, 2.75) is 38.1 Å². The second kappa shape index (κ2) is 5.05. The fraction of sp³-hybridized carbons (Fsp3) is 0.778. The van der Waals surface area contributed by atoms with E-state index in [1.54, 1.807) is 0 Å². The van der Waals surface area contributed by atoms with Crippen LogP contribution < -0.4 is 5.73 Å². The van der Waals surface area contributed by atoms with Gasteiger partial charge in [-0.05, 0) is 17.5 Å². The van der Waals surface area contributed by atoms with Crippen molar-refractivity contribution in [3.05, 3.63) is 11.7 Å². The van der Waals surface area contributed by atoms with Gasteiger partial charge in [0.1, 0.15) is 0 Å². The molecule has 0 radical (unpaired) electrons. The van der Waals surface area contributed by atoms with Gasteiger partial charge < -0.3 is 10.3 Å². The average molecular weight is 254 g/mol. The van der Waals surface area contributed by atoms with Crippen LogP contribution >= 0.6 is 11.6 Å². The molecule has 0 aliphatic heterocycles. The van der Waals surface area contributed by atoms with E-state index in [0.717, 1.165) is 12.8 Å². The maximum atomic E-state index is 12.6. The highest BCUT2D eigenvalue weighted by molar-refractivity contribution is 6.21. The first-order valence-corrected chi connectivity index (χ1v) is 5.44. The molecule has 0 aliphatic carbocycles. The molecule has 2 N–H and O–H groups in total. The molecule has 0 bridgehead atoms. The molecule has 7 heteroatoms. The summed E-state index contributed by atoms with van der Waals surface area (Å²) >= 11 is 4.75. The number of hydrogen-bond donors (Lipinski definition) is 1. The van der Waals surface area contributed by atoms with Crippen LogP contribution in [-0.4, -0.2) is 10.1 Å². The lowest BCUT2D eigenvalue weighted by Gasteiger charge is -2.17. The number of rotatable bonds is 5. The average Bonchev–Trinajstić information content (AvgIpc) is 2.67. The van der Waals surface area contributed by atoms with Gasteiger partial charge in [0, 0.05) is 0 Å². The van der Waals surface area contributed by atoms with Crippen molar-refractivity contribution < 1.29 is 13.3 Å². The summed E-state index contributed by atoms with van der Waals surface area (Å²) in [6, 6.07) is -0.508. The van der Waals surface area contributed by atoms with E-state index in [0.29, 0.717) is 0 Å². The minimum atomic E-state index is -3.64. The summed E-state index contributed by atoms with van der Waals surface area (Å²) in [5.41, 5.74) is 5.84. The van der Waals surface area contributed by atoms with Crippen molar-refractivity contribution in [3.63, 3.8) is 0 Å². The molecular formula is C9H14ClF2N3O. The molecule has 0 saturated heterocycles. The summed E-state index contributed by atoms with van der Waals surface area (Å²) in [7, 11) is 0. The predicted molar refractivity (Wildman–Crippen MR) is 55.0 cm³/mol. The molecule has 0 spiro atoms. The van der Waals surface area contributed by atoms with Crippen molar-refractivity contribution in [2.24, 2.45) is 11.7 Å². The topological polar surface area (TPSA) is 64.9 Å². The van der Waals surface area contributed by atoms with E-state index in [2.05, 4.69) is 14.7 Å². The fourth-order valence-corrected chi connectivity index (χ4v) is 1.57. The smallest absolute Gasteiger partial charge is 0.331 e. The van der Waals surface area contributed by atoms with Gasteiger partial charge in [0.2, 0.25) is 0 Å². The lowest BCUT2D eigenvalue weighted by Crippen LogP contribution is -2.22. The molecule has 0 aromatic carbocycles. The highest BCUT2D eigenvalue weighted by atomic mass is 35.5. The van der Waals surface area contributed by atoms with Crippen molar-refractivity contribution in [1.29, 1.82) is 0 Å². The monoisotopic (exact) mass is 253 g/mol. The molecule has 0 aliphatic rings. The third kappa shape index (κ3) is 2.89. The second-order valence-corrected chi connectivity index (χ2v) is 4.03. The molecule has 92 valence electrons. The van der Waals surface area contributed by atoms with Gasteiger partial charge in [-0.3, -0.25) is 0 Å². The molecule has 1 aromatic heterocycles. The first kappa shape index (κ1) is 13.3. The zero-order chi connectivity index (χ0) is 12.3. The molecule has 1 heterocycles.